The Hall–Kier alpha value is -3.03. The maximum atomic E-state index is 12.6. The van der Waals surface area contributed by atoms with Crippen molar-refractivity contribution in [2.75, 3.05) is 11.9 Å². The minimum Gasteiger partial charge on any atom is -0.507 e. The topological polar surface area (TPSA) is 96.7 Å². The first-order valence-electron chi connectivity index (χ1n) is 8.78. The molecule has 2 heterocycles. The van der Waals surface area contributed by atoms with Gasteiger partial charge in [-0.05, 0) is 32.9 Å². The van der Waals surface area contributed by atoms with E-state index in [0.717, 1.165) is 11.3 Å². The van der Waals surface area contributed by atoms with Gasteiger partial charge in [-0.2, -0.15) is 5.10 Å². The lowest BCUT2D eigenvalue weighted by Crippen LogP contribution is -2.40. The monoisotopic (exact) mass is 372 g/mol. The van der Waals surface area contributed by atoms with Gasteiger partial charge in [0.2, 0.25) is 0 Å². The zero-order valence-electron chi connectivity index (χ0n) is 15.9. The van der Waals surface area contributed by atoms with Crippen molar-refractivity contribution in [3.8, 4) is 5.75 Å². The molecule has 0 bridgehead atoms. The highest BCUT2D eigenvalue weighted by Crippen LogP contribution is 2.28. The largest absolute Gasteiger partial charge is 0.507 e. The van der Waals surface area contributed by atoms with Crippen molar-refractivity contribution in [2.24, 2.45) is 7.05 Å². The first-order chi connectivity index (χ1) is 12.7. The van der Waals surface area contributed by atoms with Crippen LogP contribution in [0.25, 0.3) is 0 Å². The molecule has 3 rings (SSSR count). The van der Waals surface area contributed by atoms with E-state index in [9.17, 15) is 14.7 Å². The average Bonchev–Trinajstić information content (AvgIpc) is 2.88. The van der Waals surface area contributed by atoms with Gasteiger partial charge in [-0.15, -0.1) is 0 Å². The predicted molar refractivity (Wildman–Crippen MR) is 99.6 cm³/mol. The summed E-state index contributed by atoms with van der Waals surface area (Å²) in [6.07, 6.45) is 0.185. The van der Waals surface area contributed by atoms with Crippen molar-refractivity contribution in [1.82, 2.24) is 14.7 Å². The molecule has 1 aliphatic heterocycles. The molecule has 0 fully saturated rings. The van der Waals surface area contributed by atoms with Crippen molar-refractivity contribution in [1.29, 1.82) is 0 Å². The van der Waals surface area contributed by atoms with E-state index >= 15 is 0 Å². The lowest BCUT2D eigenvalue weighted by atomic mass is 10.1. The van der Waals surface area contributed by atoms with Gasteiger partial charge in [0, 0.05) is 25.6 Å². The molecule has 1 aromatic heterocycles. The van der Waals surface area contributed by atoms with Crippen LogP contribution in [0.3, 0.4) is 0 Å². The molecule has 1 aromatic carbocycles. The third-order valence-electron chi connectivity index (χ3n) is 4.23. The molecule has 2 N–H and O–H groups in total. The number of amides is 2. The molecule has 0 saturated carbocycles. The summed E-state index contributed by atoms with van der Waals surface area (Å²) in [5, 5.41) is 17.1. The van der Waals surface area contributed by atoms with Crippen LogP contribution in [0, 0.1) is 0 Å². The maximum absolute atomic E-state index is 12.6. The molecule has 8 nitrogen and oxygen atoms in total. The van der Waals surface area contributed by atoms with Gasteiger partial charge in [0.15, 0.2) is 0 Å². The second-order valence-corrected chi connectivity index (χ2v) is 7.52. The molecule has 0 aliphatic carbocycles. The Morgan fingerprint density at radius 3 is 2.63 bits per heavy atom. The second-order valence-electron chi connectivity index (χ2n) is 7.52. The van der Waals surface area contributed by atoms with E-state index in [2.05, 4.69) is 10.4 Å². The van der Waals surface area contributed by atoms with Crippen LogP contribution in [-0.2, 0) is 24.8 Å². The van der Waals surface area contributed by atoms with E-state index in [4.69, 9.17) is 4.74 Å². The Morgan fingerprint density at radius 2 is 1.96 bits per heavy atom. The second kappa shape index (κ2) is 6.94. The number of carbonyl (C=O) groups is 2. The SMILES string of the molecule is Cn1nc2c(c1NC(=O)c1ccccc1O)CN(C(=O)OC(C)(C)C)CC2. The number of fused-ring (bicyclic) bond motifs is 1. The van der Waals surface area contributed by atoms with Crippen molar-refractivity contribution in [2.45, 2.75) is 39.3 Å². The minimum atomic E-state index is -0.575. The summed E-state index contributed by atoms with van der Waals surface area (Å²) in [4.78, 5) is 26.5. The Kier molecular flexibility index (Phi) is 4.82. The summed E-state index contributed by atoms with van der Waals surface area (Å²) >= 11 is 0. The van der Waals surface area contributed by atoms with Gasteiger partial charge in [-0.25, -0.2) is 4.79 Å². The molecular weight excluding hydrogens is 348 g/mol. The van der Waals surface area contributed by atoms with Crippen LogP contribution in [0.4, 0.5) is 10.6 Å². The predicted octanol–water partition coefficient (Wildman–Crippen LogP) is 2.67. The van der Waals surface area contributed by atoms with Crippen LogP contribution in [0.1, 0.15) is 42.4 Å². The molecule has 8 heteroatoms. The van der Waals surface area contributed by atoms with Gasteiger partial charge in [0.05, 0.1) is 17.8 Å². The molecule has 0 unspecified atom stereocenters. The normalized spacial score (nSPS) is 13.9. The fraction of sp³-hybridized carbons (Fsp3) is 0.421. The molecular formula is C19H24N4O4. The average molecular weight is 372 g/mol. The number of carbonyl (C=O) groups excluding carboxylic acids is 2. The highest BCUT2D eigenvalue weighted by atomic mass is 16.6. The number of hydrogen-bond acceptors (Lipinski definition) is 5. The number of benzene rings is 1. The van der Waals surface area contributed by atoms with Gasteiger partial charge < -0.3 is 20.1 Å². The molecule has 1 aliphatic rings. The summed E-state index contributed by atoms with van der Waals surface area (Å²) in [5.74, 6) is -0.0266. The molecule has 144 valence electrons. The number of anilines is 1. The van der Waals surface area contributed by atoms with Gasteiger partial charge in [0.1, 0.15) is 17.2 Å². The third-order valence-corrected chi connectivity index (χ3v) is 4.23. The maximum Gasteiger partial charge on any atom is 0.410 e. The summed E-state index contributed by atoms with van der Waals surface area (Å²) in [7, 11) is 1.73. The number of nitrogens with one attached hydrogen (secondary N) is 1. The Bertz CT molecular complexity index is 882. The number of aromatic nitrogens is 2. The molecule has 27 heavy (non-hydrogen) atoms. The summed E-state index contributed by atoms with van der Waals surface area (Å²) in [6, 6.07) is 6.33. The number of nitrogens with zero attached hydrogens (tertiary/aromatic N) is 3. The first-order valence-corrected chi connectivity index (χ1v) is 8.78. The highest BCUT2D eigenvalue weighted by molar-refractivity contribution is 6.06. The lowest BCUT2D eigenvalue weighted by Gasteiger charge is -2.29. The van der Waals surface area contributed by atoms with Crippen molar-refractivity contribution in [3.63, 3.8) is 0 Å². The number of phenolic OH excluding ortho intramolecular Hbond substituents is 1. The van der Waals surface area contributed by atoms with E-state index < -0.39 is 17.6 Å². The Balaban J connectivity index is 1.82. The molecule has 2 aromatic rings. The smallest absolute Gasteiger partial charge is 0.410 e. The summed E-state index contributed by atoms with van der Waals surface area (Å²) in [5.41, 5.74) is 1.21. The number of aromatic hydroxyl groups is 1. The van der Waals surface area contributed by atoms with E-state index in [1.54, 1.807) is 34.8 Å². The van der Waals surface area contributed by atoms with E-state index in [1.807, 2.05) is 20.8 Å². The van der Waals surface area contributed by atoms with Crippen LogP contribution in [0.2, 0.25) is 0 Å². The van der Waals surface area contributed by atoms with Gasteiger partial charge >= 0.3 is 6.09 Å². The van der Waals surface area contributed by atoms with Crippen LogP contribution in [0.5, 0.6) is 5.75 Å². The van der Waals surface area contributed by atoms with E-state index in [1.165, 1.54) is 6.07 Å². The highest BCUT2D eigenvalue weighted by Gasteiger charge is 2.30. The lowest BCUT2D eigenvalue weighted by molar-refractivity contribution is 0.0224. The fourth-order valence-corrected chi connectivity index (χ4v) is 2.98. The van der Waals surface area contributed by atoms with Crippen LogP contribution < -0.4 is 5.32 Å². The number of hydrogen-bond donors (Lipinski definition) is 2. The summed E-state index contributed by atoms with van der Waals surface area (Å²) < 4.78 is 7.03. The van der Waals surface area contributed by atoms with Crippen LogP contribution >= 0.6 is 0 Å². The van der Waals surface area contributed by atoms with Crippen LogP contribution in [-0.4, -0.2) is 43.9 Å². The van der Waals surface area contributed by atoms with E-state index in [-0.39, 0.29) is 11.3 Å². The van der Waals surface area contributed by atoms with Gasteiger partial charge in [-0.1, -0.05) is 12.1 Å². The Morgan fingerprint density at radius 1 is 1.26 bits per heavy atom. The van der Waals surface area contributed by atoms with E-state index in [0.29, 0.717) is 25.3 Å². The van der Waals surface area contributed by atoms with Crippen molar-refractivity contribution in [3.05, 3.63) is 41.1 Å². The number of aryl methyl sites for hydroxylation is 1. The first kappa shape index (κ1) is 18.8. The number of rotatable bonds is 2. The fourth-order valence-electron chi connectivity index (χ4n) is 2.98. The Labute approximate surface area is 157 Å². The molecule has 0 radical (unpaired) electrons. The standard InChI is InChI=1S/C19H24N4O4/c1-19(2,3)27-18(26)23-10-9-14-13(11-23)16(22(4)21-14)20-17(25)12-7-5-6-8-15(12)24/h5-8,24H,9-11H2,1-4H3,(H,20,25). The quantitative estimate of drug-likeness (QED) is 0.845. The third kappa shape index (κ3) is 4.05. The number of phenols is 1. The molecule has 2 amide bonds. The van der Waals surface area contributed by atoms with Gasteiger partial charge in [-0.3, -0.25) is 9.48 Å². The molecule has 0 atom stereocenters. The zero-order chi connectivity index (χ0) is 19.8. The summed E-state index contributed by atoms with van der Waals surface area (Å²) in [6.45, 7) is 6.27. The van der Waals surface area contributed by atoms with Crippen LogP contribution in [0.15, 0.2) is 24.3 Å². The number of para-hydroxylation sites is 1. The van der Waals surface area contributed by atoms with Crippen molar-refractivity contribution >= 4 is 17.8 Å². The minimum absolute atomic E-state index is 0.0959. The number of ether oxygens (including phenoxy) is 1. The molecule has 0 saturated heterocycles. The van der Waals surface area contributed by atoms with Crippen molar-refractivity contribution < 1.29 is 19.4 Å². The molecule has 0 spiro atoms. The zero-order valence-corrected chi connectivity index (χ0v) is 15.9. The van der Waals surface area contributed by atoms with Gasteiger partial charge in [0.25, 0.3) is 5.91 Å².